The molecule has 6 aliphatic rings. The number of rotatable bonds is 14. The number of halogens is 2. The molecule has 12 atom stereocenters. The number of benzene rings is 2. The fraction of sp³-hybridized carbons (Fsp3) is 0.500. The first-order valence-electron chi connectivity index (χ1n) is 22.7. The summed E-state index contributed by atoms with van der Waals surface area (Å²) in [5, 5.41) is 27.3. The summed E-state index contributed by atoms with van der Waals surface area (Å²) in [6, 6.07) is 10.6. The van der Waals surface area contributed by atoms with E-state index in [9.17, 15) is 43.8 Å². The largest absolute Gasteiger partial charge is 0.495 e. The van der Waals surface area contributed by atoms with Crippen LogP contribution < -0.4 is 20.3 Å². The summed E-state index contributed by atoms with van der Waals surface area (Å²) in [7, 11) is 3.00. The Labute approximate surface area is 391 Å². The van der Waals surface area contributed by atoms with Gasteiger partial charge in [0.2, 0.25) is 17.7 Å². The molecule has 0 spiro atoms. The zero-order valence-corrected chi connectivity index (χ0v) is 38.6. The average molecular weight is 943 g/mol. The van der Waals surface area contributed by atoms with Crippen LogP contribution in [-0.2, 0) is 49.5 Å². The maximum absolute atomic E-state index is 17.8. The fourth-order valence-corrected chi connectivity index (χ4v) is 11.9. The normalized spacial score (nSPS) is 33.2. The van der Waals surface area contributed by atoms with E-state index in [4.69, 9.17) is 14.2 Å². The van der Waals surface area contributed by atoms with Gasteiger partial charge in [0.15, 0.2) is 29.1 Å². The second-order valence-electron chi connectivity index (χ2n) is 19.2. The molecule has 2 aliphatic heterocycles. The van der Waals surface area contributed by atoms with Crippen molar-refractivity contribution in [2.24, 2.45) is 22.7 Å². The minimum Gasteiger partial charge on any atom is -0.495 e. The van der Waals surface area contributed by atoms with Gasteiger partial charge in [-0.05, 0) is 93.4 Å². The number of Topliss-reactive ketones (excluding diaryl/α,β-unsaturated/α-hetero) is 1. The molecule has 362 valence electrons. The summed E-state index contributed by atoms with van der Waals surface area (Å²) >= 11 is 0. The Hall–Kier alpha value is -5.95. The summed E-state index contributed by atoms with van der Waals surface area (Å²) in [5.74, 6) is -5.16. The lowest BCUT2D eigenvalue weighted by molar-refractivity contribution is -0.235. The van der Waals surface area contributed by atoms with Crippen LogP contribution in [0.1, 0.15) is 76.4 Å². The lowest BCUT2D eigenvalue weighted by Crippen LogP contribution is -2.70. The summed E-state index contributed by atoms with van der Waals surface area (Å²) in [6.07, 6.45) is 0.410. The van der Waals surface area contributed by atoms with E-state index in [2.05, 4.69) is 10.6 Å². The Morgan fingerprint density at radius 2 is 1.63 bits per heavy atom. The van der Waals surface area contributed by atoms with E-state index in [1.54, 1.807) is 31.2 Å². The molecule has 68 heavy (non-hydrogen) atoms. The van der Waals surface area contributed by atoms with Gasteiger partial charge in [0.1, 0.15) is 30.6 Å². The molecule has 1 saturated heterocycles. The fourth-order valence-electron chi connectivity index (χ4n) is 11.9. The number of carbonyl (C=O) groups excluding carboxylic acids is 7. The van der Waals surface area contributed by atoms with E-state index < -0.39 is 118 Å². The Balaban J connectivity index is 0.905. The van der Waals surface area contributed by atoms with E-state index in [0.717, 1.165) is 34.3 Å². The zero-order valence-electron chi connectivity index (χ0n) is 38.6. The number of nitrogens with zero attached hydrogens (tertiary/aromatic N) is 2. The van der Waals surface area contributed by atoms with Gasteiger partial charge in [0.05, 0.1) is 25.0 Å². The van der Waals surface area contributed by atoms with Crippen molar-refractivity contribution < 1.29 is 66.8 Å². The van der Waals surface area contributed by atoms with Gasteiger partial charge < -0.3 is 40.0 Å². The predicted octanol–water partition coefficient (Wildman–Crippen LogP) is 3.22. The van der Waals surface area contributed by atoms with Crippen molar-refractivity contribution in [2.45, 2.75) is 108 Å². The number of methoxy groups -OCH3 is 1. The lowest BCUT2D eigenvalue weighted by Gasteiger charge is -2.63. The van der Waals surface area contributed by atoms with Crippen LogP contribution in [-0.4, -0.2) is 125 Å². The van der Waals surface area contributed by atoms with Crippen LogP contribution in [0.2, 0.25) is 0 Å². The van der Waals surface area contributed by atoms with Crippen LogP contribution in [0, 0.1) is 22.7 Å². The first-order valence-corrected chi connectivity index (χ1v) is 22.7. The highest BCUT2D eigenvalue weighted by molar-refractivity contribution is 6.13. The molecule has 5 amide bonds. The van der Waals surface area contributed by atoms with Crippen LogP contribution in [0.5, 0.6) is 5.75 Å². The summed E-state index contributed by atoms with van der Waals surface area (Å²) in [5.41, 5.74) is -4.29. The number of allylic oxidation sites excluding steroid dienone is 4. The molecule has 16 nitrogen and oxygen atoms in total. The highest BCUT2D eigenvalue weighted by Gasteiger charge is 2.80. The van der Waals surface area contributed by atoms with Gasteiger partial charge in [-0.1, -0.05) is 43.3 Å². The van der Waals surface area contributed by atoms with Crippen molar-refractivity contribution in [3.05, 3.63) is 95.1 Å². The molecule has 2 aromatic rings. The molecular weight excluding hydrogens is 887 g/mol. The van der Waals surface area contributed by atoms with Gasteiger partial charge in [-0.25, -0.2) is 8.78 Å². The molecule has 2 aromatic carbocycles. The van der Waals surface area contributed by atoms with Gasteiger partial charge in [0.25, 0.3) is 11.8 Å². The van der Waals surface area contributed by atoms with E-state index in [-0.39, 0.29) is 37.8 Å². The number of nitrogens with one attached hydrogen (secondary N) is 2. The molecule has 18 heteroatoms. The Morgan fingerprint density at radius 1 is 0.956 bits per heavy atom. The number of fused-ring (bicyclic) bond motifs is 7. The van der Waals surface area contributed by atoms with Crippen molar-refractivity contribution in [1.82, 2.24) is 15.5 Å². The SMILES string of the molecule is COc1cc(Cc2ccc([C@@H]3O[C@@H]4C[C@H]5[C@@H]6C[C@H](F)C7=CC(=O)C=C[C@]7(C)[C@@]6(F)[C@@H](O)C[C@]5(C)C4(C(=O)CO)O3)cc2)ccc1N(C)C(=O)[C@H](C)NC(=O)[C@H](C)NC(=O)CCN1C(=O)C=CC1=O. The molecule has 4 N–H and O–H groups in total. The van der Waals surface area contributed by atoms with Gasteiger partial charge in [0, 0.05) is 54.5 Å². The van der Waals surface area contributed by atoms with Gasteiger partial charge in [-0.2, -0.15) is 0 Å². The zero-order chi connectivity index (χ0) is 49.2. The van der Waals surface area contributed by atoms with E-state index >= 15 is 8.78 Å². The maximum atomic E-state index is 17.8. The minimum absolute atomic E-state index is 0.00413. The number of hydrogen-bond donors (Lipinski definition) is 4. The number of anilines is 1. The van der Waals surface area contributed by atoms with Crippen molar-refractivity contribution >= 4 is 46.8 Å². The highest BCUT2D eigenvalue weighted by Crippen LogP contribution is 2.72. The number of imide groups is 1. The van der Waals surface area contributed by atoms with Crippen LogP contribution in [0.15, 0.2) is 78.4 Å². The Kier molecular flexibility index (Phi) is 12.7. The quantitative estimate of drug-likeness (QED) is 0.201. The maximum Gasteiger partial charge on any atom is 0.253 e. The average Bonchev–Trinajstić information content (AvgIpc) is 3.94. The van der Waals surface area contributed by atoms with Crippen molar-refractivity contribution in [2.75, 3.05) is 32.2 Å². The first kappa shape index (κ1) is 48.5. The number of likely N-dealkylation sites (N-methyl/N-ethyl adjacent to an activating group) is 1. The van der Waals surface area contributed by atoms with Crippen LogP contribution in [0.3, 0.4) is 0 Å². The molecule has 2 heterocycles. The number of amides is 5. The Morgan fingerprint density at radius 3 is 2.29 bits per heavy atom. The molecule has 3 saturated carbocycles. The second-order valence-corrected chi connectivity index (χ2v) is 19.2. The monoisotopic (exact) mass is 942 g/mol. The third kappa shape index (κ3) is 7.69. The molecular formula is C50H56F2N4O12. The van der Waals surface area contributed by atoms with Crippen molar-refractivity contribution in [1.29, 1.82) is 0 Å². The molecule has 0 bridgehead atoms. The van der Waals surface area contributed by atoms with Gasteiger partial charge in [-0.3, -0.25) is 38.5 Å². The number of ether oxygens (including phenoxy) is 3. The number of aliphatic hydroxyl groups is 2. The first-order chi connectivity index (χ1) is 32.1. The van der Waals surface area contributed by atoms with Crippen LogP contribution in [0.25, 0.3) is 0 Å². The summed E-state index contributed by atoms with van der Waals surface area (Å²) in [4.78, 5) is 90.8. The Bertz CT molecular complexity index is 2530. The molecule has 4 fully saturated rings. The lowest BCUT2D eigenvalue weighted by atomic mass is 9.44. The van der Waals surface area contributed by atoms with Crippen molar-refractivity contribution in [3.8, 4) is 5.75 Å². The van der Waals surface area contributed by atoms with E-state index in [1.165, 1.54) is 52.0 Å². The number of alkyl halides is 2. The molecule has 0 aromatic heterocycles. The van der Waals surface area contributed by atoms with Crippen LogP contribution >= 0.6 is 0 Å². The molecule has 1 unspecified atom stereocenters. The van der Waals surface area contributed by atoms with E-state index in [1.807, 2.05) is 18.2 Å². The molecule has 0 radical (unpaired) electrons. The topological polar surface area (TPSA) is 218 Å². The number of ketones is 2. The summed E-state index contributed by atoms with van der Waals surface area (Å²) < 4.78 is 52.5. The third-order valence-corrected chi connectivity index (χ3v) is 15.5. The third-order valence-electron chi connectivity index (χ3n) is 15.5. The smallest absolute Gasteiger partial charge is 0.253 e. The predicted molar refractivity (Wildman–Crippen MR) is 239 cm³/mol. The number of carbonyl (C=O) groups is 7. The van der Waals surface area contributed by atoms with E-state index in [0.29, 0.717) is 23.4 Å². The standard InChI is InChI=1S/C50H56F2N4O12/c1-26(53-41(61)16-18-56-42(62)13-14-43(56)63)44(64)54-27(2)45(65)55(5)36-12-9-29(20-37(36)66-6)19-28-7-10-30(11-8-28)46-67-40-23-32-33-22-35(51)34-21-31(58)15-17-47(34,3)49(33,52)38(59)24-48(32,4)50(40,68-46)39(60)25-57/h7-15,17,20-21,26-27,32-33,35,38,40,46,57,59H,16,18-19,22-25H2,1-6H3,(H,53,61)(H,54,64)/t26-,27-,32-,33-,35-,38-,40+,46+,47-,48-,49-,50?/m0/s1. The summed E-state index contributed by atoms with van der Waals surface area (Å²) in [6.45, 7) is 5.15. The van der Waals surface area contributed by atoms with Crippen LogP contribution in [0.4, 0.5) is 14.5 Å². The second kappa shape index (κ2) is 17.9. The number of hydrogen-bond acceptors (Lipinski definition) is 12. The van der Waals surface area contributed by atoms with Crippen molar-refractivity contribution in [3.63, 3.8) is 0 Å². The highest BCUT2D eigenvalue weighted by atomic mass is 19.1. The number of aliphatic hydroxyl groups excluding tert-OH is 2. The molecule has 8 rings (SSSR count). The molecule has 4 aliphatic carbocycles. The minimum atomic E-state index is -2.36. The van der Waals surface area contributed by atoms with Gasteiger partial charge >= 0.3 is 0 Å². The van der Waals surface area contributed by atoms with Gasteiger partial charge in [-0.15, -0.1) is 0 Å².